The third-order valence-electron chi connectivity index (χ3n) is 6.02. The Bertz CT molecular complexity index is 885. The number of aliphatic hydroxyl groups is 1. The van der Waals surface area contributed by atoms with Gasteiger partial charge in [0, 0.05) is 25.1 Å². The van der Waals surface area contributed by atoms with E-state index in [1.807, 2.05) is 36.1 Å². The van der Waals surface area contributed by atoms with Crippen molar-refractivity contribution >= 4 is 17.2 Å². The van der Waals surface area contributed by atoms with Crippen LogP contribution < -0.4 is 4.74 Å². The number of rotatable bonds is 12. The van der Waals surface area contributed by atoms with Crippen molar-refractivity contribution in [2.45, 2.75) is 45.8 Å². The van der Waals surface area contributed by atoms with Gasteiger partial charge in [-0.05, 0) is 66.9 Å². The molecule has 0 bridgehead atoms. The number of benzene rings is 1. The zero-order valence-electron chi connectivity index (χ0n) is 20.3. The molecule has 0 spiro atoms. The van der Waals surface area contributed by atoms with Crippen molar-refractivity contribution in [2.24, 2.45) is 5.92 Å². The number of carbonyl (C=O) groups excluding carboxylic acids is 1. The molecule has 2 atom stereocenters. The van der Waals surface area contributed by atoms with Crippen LogP contribution in [0.3, 0.4) is 0 Å². The Balaban J connectivity index is 1.72. The summed E-state index contributed by atoms with van der Waals surface area (Å²) in [4.78, 5) is 18.9. The minimum absolute atomic E-state index is 0.0815. The van der Waals surface area contributed by atoms with E-state index >= 15 is 0 Å². The second-order valence-corrected chi connectivity index (χ2v) is 10.3. The molecule has 1 N–H and O–H groups in total. The maximum atomic E-state index is 13.5. The molecule has 33 heavy (non-hydrogen) atoms. The molecule has 1 aromatic carbocycles. The summed E-state index contributed by atoms with van der Waals surface area (Å²) < 4.78 is 11.2. The molecule has 1 amide bonds. The Morgan fingerprint density at radius 1 is 1.33 bits per heavy atom. The molecule has 0 unspecified atom stereocenters. The number of methoxy groups -OCH3 is 1. The van der Waals surface area contributed by atoms with Crippen LogP contribution in [-0.4, -0.2) is 73.4 Å². The largest absolute Gasteiger partial charge is 0.491 e. The Morgan fingerprint density at radius 3 is 2.88 bits per heavy atom. The molecule has 1 aliphatic heterocycles. The normalized spacial score (nSPS) is 16.8. The van der Waals surface area contributed by atoms with Crippen LogP contribution >= 0.6 is 11.3 Å². The Kier molecular flexibility index (Phi) is 9.74. The first-order valence-electron chi connectivity index (χ1n) is 11.8. The summed E-state index contributed by atoms with van der Waals surface area (Å²) in [7, 11) is 1.58. The lowest BCUT2D eigenvalue weighted by atomic mass is 10.00. The van der Waals surface area contributed by atoms with E-state index in [2.05, 4.69) is 30.2 Å². The summed E-state index contributed by atoms with van der Waals surface area (Å²) in [6.07, 6.45) is 1.24. The molecular weight excluding hydrogens is 436 g/mol. The van der Waals surface area contributed by atoms with E-state index in [1.165, 1.54) is 10.4 Å². The topological polar surface area (TPSA) is 62.2 Å². The highest BCUT2D eigenvalue weighted by molar-refractivity contribution is 7.10. The van der Waals surface area contributed by atoms with Gasteiger partial charge < -0.3 is 19.5 Å². The third kappa shape index (κ3) is 7.54. The standard InChI is InChI=1S/C26H38N2O4S/c1-19(2)8-11-27(15-21(29)17-31-4)16-26(30)28-12-9-25-23(10-13-33-25)24(28)18-32-22-7-5-6-20(3)14-22/h5-7,10,13-14,19,21,24,29H,8-9,11-12,15-18H2,1-4H3/t21-,24+/m1/s1. The quantitative estimate of drug-likeness (QED) is 0.505. The highest BCUT2D eigenvalue weighted by atomic mass is 32.1. The van der Waals surface area contributed by atoms with Crippen LogP contribution in [0.1, 0.15) is 42.3 Å². The molecule has 6 nitrogen and oxygen atoms in total. The van der Waals surface area contributed by atoms with Crippen molar-refractivity contribution in [3.8, 4) is 5.75 Å². The predicted octanol–water partition coefficient (Wildman–Crippen LogP) is 3.92. The molecule has 0 saturated carbocycles. The average molecular weight is 475 g/mol. The first-order chi connectivity index (χ1) is 15.9. The molecule has 182 valence electrons. The molecule has 0 fully saturated rings. The maximum Gasteiger partial charge on any atom is 0.237 e. The summed E-state index contributed by atoms with van der Waals surface area (Å²) >= 11 is 1.76. The third-order valence-corrected chi connectivity index (χ3v) is 7.02. The van der Waals surface area contributed by atoms with Gasteiger partial charge >= 0.3 is 0 Å². The van der Waals surface area contributed by atoms with Gasteiger partial charge in [-0.15, -0.1) is 11.3 Å². The molecule has 3 rings (SSSR count). The summed E-state index contributed by atoms with van der Waals surface area (Å²) in [6.45, 7) is 9.25. The molecule has 0 saturated heterocycles. The van der Waals surface area contributed by atoms with E-state index in [0.29, 0.717) is 25.6 Å². The Morgan fingerprint density at radius 2 is 2.15 bits per heavy atom. The van der Waals surface area contributed by atoms with Crippen LogP contribution in [0.15, 0.2) is 35.7 Å². The van der Waals surface area contributed by atoms with Crippen molar-refractivity contribution in [1.82, 2.24) is 9.80 Å². The van der Waals surface area contributed by atoms with Crippen LogP contribution in [0.2, 0.25) is 0 Å². The van der Waals surface area contributed by atoms with Crippen molar-refractivity contribution in [3.05, 3.63) is 51.7 Å². The second kappa shape index (κ2) is 12.5. The Hall–Kier alpha value is -1.93. The lowest BCUT2D eigenvalue weighted by molar-refractivity contribution is -0.136. The number of fused-ring (bicyclic) bond motifs is 1. The molecule has 0 aliphatic carbocycles. The summed E-state index contributed by atoms with van der Waals surface area (Å²) in [5, 5.41) is 12.4. The second-order valence-electron chi connectivity index (χ2n) is 9.31. The fourth-order valence-corrected chi connectivity index (χ4v) is 5.18. The fourth-order valence-electron chi connectivity index (χ4n) is 4.26. The minimum atomic E-state index is -0.611. The number of ether oxygens (including phenoxy) is 2. The summed E-state index contributed by atoms with van der Waals surface area (Å²) in [5.74, 6) is 1.44. The van der Waals surface area contributed by atoms with E-state index in [1.54, 1.807) is 18.4 Å². The number of hydrogen-bond donors (Lipinski definition) is 1. The van der Waals surface area contributed by atoms with E-state index in [0.717, 1.165) is 30.7 Å². The molecule has 1 aliphatic rings. The number of aryl methyl sites for hydroxylation is 1. The summed E-state index contributed by atoms with van der Waals surface area (Å²) in [6, 6.07) is 10.0. The number of amides is 1. The zero-order valence-corrected chi connectivity index (χ0v) is 21.1. The number of carbonyl (C=O) groups is 1. The van der Waals surface area contributed by atoms with Crippen molar-refractivity contribution in [1.29, 1.82) is 0 Å². The van der Waals surface area contributed by atoms with Crippen LogP contribution in [-0.2, 0) is 16.0 Å². The molecule has 7 heteroatoms. The smallest absolute Gasteiger partial charge is 0.237 e. The summed E-state index contributed by atoms with van der Waals surface area (Å²) in [5.41, 5.74) is 2.34. The van der Waals surface area contributed by atoms with Gasteiger partial charge in [0.05, 0.1) is 25.3 Å². The van der Waals surface area contributed by atoms with Gasteiger partial charge in [-0.1, -0.05) is 26.0 Å². The highest BCUT2D eigenvalue weighted by Crippen LogP contribution is 2.34. The SMILES string of the molecule is COC[C@H](O)CN(CCC(C)C)CC(=O)N1CCc2sccc2[C@@H]1COc1cccc(C)c1. The van der Waals surface area contributed by atoms with Gasteiger partial charge in [-0.25, -0.2) is 0 Å². The van der Waals surface area contributed by atoms with E-state index in [-0.39, 0.29) is 25.1 Å². The first kappa shape index (κ1) is 25.7. The van der Waals surface area contributed by atoms with Gasteiger partial charge in [0.25, 0.3) is 0 Å². The van der Waals surface area contributed by atoms with Gasteiger partial charge in [-0.3, -0.25) is 9.69 Å². The molecular formula is C26H38N2O4S. The first-order valence-corrected chi connectivity index (χ1v) is 12.7. The molecule has 1 aromatic heterocycles. The molecule has 0 radical (unpaired) electrons. The number of aliphatic hydroxyl groups excluding tert-OH is 1. The van der Waals surface area contributed by atoms with Gasteiger partial charge in [0.1, 0.15) is 12.4 Å². The van der Waals surface area contributed by atoms with Crippen molar-refractivity contribution < 1.29 is 19.4 Å². The highest BCUT2D eigenvalue weighted by Gasteiger charge is 2.33. The van der Waals surface area contributed by atoms with E-state index < -0.39 is 6.10 Å². The molecule has 2 heterocycles. The van der Waals surface area contributed by atoms with Crippen LogP contribution in [0, 0.1) is 12.8 Å². The molecule has 2 aromatic rings. The van der Waals surface area contributed by atoms with Crippen molar-refractivity contribution in [2.75, 3.05) is 46.5 Å². The minimum Gasteiger partial charge on any atom is -0.491 e. The maximum absolute atomic E-state index is 13.5. The van der Waals surface area contributed by atoms with Gasteiger partial charge in [-0.2, -0.15) is 0 Å². The predicted molar refractivity (Wildman–Crippen MR) is 133 cm³/mol. The zero-order chi connectivity index (χ0) is 23.8. The van der Waals surface area contributed by atoms with Crippen molar-refractivity contribution in [3.63, 3.8) is 0 Å². The number of thiophene rings is 1. The van der Waals surface area contributed by atoms with Gasteiger partial charge in [0.15, 0.2) is 0 Å². The van der Waals surface area contributed by atoms with Crippen LogP contribution in [0.5, 0.6) is 5.75 Å². The number of nitrogens with zero attached hydrogens (tertiary/aromatic N) is 2. The van der Waals surface area contributed by atoms with Crippen LogP contribution in [0.4, 0.5) is 0 Å². The fraction of sp³-hybridized carbons (Fsp3) is 0.577. The van der Waals surface area contributed by atoms with Gasteiger partial charge in [0.2, 0.25) is 5.91 Å². The average Bonchev–Trinajstić information content (AvgIpc) is 3.25. The lowest BCUT2D eigenvalue weighted by Gasteiger charge is -2.37. The van der Waals surface area contributed by atoms with Crippen LogP contribution in [0.25, 0.3) is 0 Å². The number of hydrogen-bond acceptors (Lipinski definition) is 6. The lowest BCUT2D eigenvalue weighted by Crippen LogP contribution is -2.48. The monoisotopic (exact) mass is 474 g/mol. The Labute approximate surface area is 202 Å². The van der Waals surface area contributed by atoms with E-state index in [9.17, 15) is 9.90 Å². The van der Waals surface area contributed by atoms with E-state index in [4.69, 9.17) is 9.47 Å².